The van der Waals surface area contributed by atoms with Gasteiger partial charge in [-0.25, -0.2) is 8.42 Å². The molecule has 41 heavy (non-hydrogen) atoms. The van der Waals surface area contributed by atoms with Gasteiger partial charge in [0.25, 0.3) is 10.0 Å². The Kier molecular flexibility index (Phi) is 10.8. The second kappa shape index (κ2) is 14.0. The second-order valence-electron chi connectivity index (χ2n) is 9.89. The minimum atomic E-state index is -4.16. The van der Waals surface area contributed by atoms with E-state index in [-0.39, 0.29) is 23.4 Å². The number of hydrogen-bond acceptors (Lipinski definition) is 6. The van der Waals surface area contributed by atoms with E-state index >= 15 is 0 Å². The Hall–Kier alpha value is -4.05. The van der Waals surface area contributed by atoms with Gasteiger partial charge in [-0.2, -0.15) is 0 Å². The molecule has 0 fully saturated rings. The number of benzene rings is 3. The molecule has 2 atom stereocenters. The van der Waals surface area contributed by atoms with E-state index in [9.17, 15) is 18.0 Å². The van der Waals surface area contributed by atoms with Crippen molar-refractivity contribution >= 4 is 27.5 Å². The lowest BCUT2D eigenvalue weighted by atomic mass is 10.1. The van der Waals surface area contributed by atoms with Crippen molar-refractivity contribution in [2.75, 3.05) is 25.1 Å². The zero-order chi connectivity index (χ0) is 30.2. The summed E-state index contributed by atoms with van der Waals surface area (Å²) in [5.74, 6) is 0.260. The monoisotopic (exact) mass is 581 g/mol. The van der Waals surface area contributed by atoms with Gasteiger partial charge in [0.05, 0.1) is 24.8 Å². The van der Waals surface area contributed by atoms with Crippen LogP contribution in [0, 0.1) is 6.92 Å². The highest BCUT2D eigenvalue weighted by Gasteiger charge is 2.33. The maximum Gasteiger partial charge on any atom is 0.264 e. The zero-order valence-electron chi connectivity index (χ0n) is 24.5. The van der Waals surface area contributed by atoms with Crippen LogP contribution in [0.4, 0.5) is 5.69 Å². The van der Waals surface area contributed by atoms with Crippen LogP contribution in [0.1, 0.15) is 38.3 Å². The molecule has 2 amide bonds. The van der Waals surface area contributed by atoms with Crippen molar-refractivity contribution in [3.63, 3.8) is 0 Å². The summed E-state index contributed by atoms with van der Waals surface area (Å²) in [7, 11) is -1.12. The standard InChI is InChI=1S/C31H39N3O6S/c1-7-23(3)32-31(36)24(4)33(20-25-9-8-10-28(19-25)40-6)30(35)21-34(26-13-11-22(2)12-14-26)41(37,38)29-17-15-27(39-5)16-18-29/h8-19,23-24H,7,20-21H2,1-6H3,(H,32,36)/t23-,24+/m1/s1. The summed E-state index contributed by atoms with van der Waals surface area (Å²) in [4.78, 5) is 28.6. The van der Waals surface area contributed by atoms with E-state index in [1.807, 2.05) is 26.8 Å². The van der Waals surface area contributed by atoms with Gasteiger partial charge in [0.15, 0.2) is 0 Å². The Morgan fingerprint density at radius 3 is 2.12 bits per heavy atom. The number of carbonyl (C=O) groups excluding carboxylic acids is 2. The third kappa shape index (κ3) is 8.00. The summed E-state index contributed by atoms with van der Waals surface area (Å²) < 4.78 is 39.4. The van der Waals surface area contributed by atoms with Gasteiger partial charge in [-0.05, 0) is 81.3 Å². The average Bonchev–Trinajstić information content (AvgIpc) is 2.98. The quantitative estimate of drug-likeness (QED) is 0.318. The Balaban J connectivity index is 2.03. The molecule has 0 aliphatic rings. The molecule has 0 aliphatic heterocycles. The Morgan fingerprint density at radius 1 is 0.902 bits per heavy atom. The number of sulfonamides is 1. The summed E-state index contributed by atoms with van der Waals surface area (Å²) >= 11 is 0. The van der Waals surface area contributed by atoms with E-state index in [4.69, 9.17) is 9.47 Å². The molecule has 0 bridgehead atoms. The van der Waals surface area contributed by atoms with Crippen LogP contribution in [-0.4, -0.2) is 58.0 Å². The molecule has 0 aliphatic carbocycles. The SMILES string of the molecule is CC[C@@H](C)NC(=O)[C@H](C)N(Cc1cccc(OC)c1)C(=O)CN(c1ccc(C)cc1)S(=O)(=O)c1ccc(OC)cc1. The molecule has 10 heteroatoms. The van der Waals surface area contributed by atoms with Crippen LogP contribution in [0.5, 0.6) is 11.5 Å². The number of hydrogen-bond donors (Lipinski definition) is 1. The van der Waals surface area contributed by atoms with Crippen molar-refractivity contribution in [2.24, 2.45) is 0 Å². The maximum atomic E-state index is 14.0. The van der Waals surface area contributed by atoms with E-state index in [0.717, 1.165) is 21.9 Å². The van der Waals surface area contributed by atoms with Crippen molar-refractivity contribution in [3.8, 4) is 11.5 Å². The van der Waals surface area contributed by atoms with Crippen LogP contribution in [0.25, 0.3) is 0 Å². The first-order valence-corrected chi connectivity index (χ1v) is 14.9. The minimum absolute atomic E-state index is 0.00795. The fourth-order valence-corrected chi connectivity index (χ4v) is 5.54. The van der Waals surface area contributed by atoms with Gasteiger partial charge in [-0.1, -0.05) is 36.8 Å². The van der Waals surface area contributed by atoms with E-state index in [1.54, 1.807) is 68.6 Å². The van der Waals surface area contributed by atoms with Crippen LogP contribution in [-0.2, 0) is 26.2 Å². The molecule has 0 spiro atoms. The van der Waals surface area contributed by atoms with E-state index in [0.29, 0.717) is 17.2 Å². The van der Waals surface area contributed by atoms with Crippen molar-refractivity contribution in [1.82, 2.24) is 10.2 Å². The van der Waals surface area contributed by atoms with Crippen LogP contribution < -0.4 is 19.1 Å². The van der Waals surface area contributed by atoms with Crippen LogP contribution in [0.15, 0.2) is 77.7 Å². The van der Waals surface area contributed by atoms with Crippen LogP contribution >= 0.6 is 0 Å². The Morgan fingerprint density at radius 2 is 1.54 bits per heavy atom. The third-order valence-corrected chi connectivity index (χ3v) is 8.69. The first kappa shape index (κ1) is 31.5. The summed E-state index contributed by atoms with van der Waals surface area (Å²) in [6.45, 7) is 6.95. The second-order valence-corrected chi connectivity index (χ2v) is 11.8. The molecule has 0 saturated heterocycles. The number of methoxy groups -OCH3 is 2. The molecule has 9 nitrogen and oxygen atoms in total. The zero-order valence-corrected chi connectivity index (χ0v) is 25.3. The molecule has 3 aromatic carbocycles. The Bertz CT molecular complexity index is 1420. The Labute approximate surface area is 243 Å². The fourth-order valence-electron chi connectivity index (χ4n) is 4.13. The third-order valence-electron chi connectivity index (χ3n) is 6.90. The molecule has 0 unspecified atom stereocenters. The summed E-state index contributed by atoms with van der Waals surface area (Å²) in [6.07, 6.45) is 0.726. The van der Waals surface area contributed by atoms with Gasteiger partial charge < -0.3 is 19.7 Å². The number of ether oxygens (including phenoxy) is 2. The van der Waals surface area contributed by atoms with Gasteiger partial charge in [0.2, 0.25) is 11.8 Å². The predicted octanol–water partition coefficient (Wildman–Crippen LogP) is 4.54. The number of amides is 2. The number of anilines is 1. The highest BCUT2D eigenvalue weighted by atomic mass is 32.2. The normalized spacial score (nSPS) is 12.6. The summed E-state index contributed by atoms with van der Waals surface area (Å²) in [5, 5.41) is 2.93. The molecule has 3 rings (SSSR count). The molecule has 0 radical (unpaired) electrons. The number of carbonyl (C=O) groups is 2. The van der Waals surface area contributed by atoms with Crippen LogP contribution in [0.3, 0.4) is 0 Å². The average molecular weight is 582 g/mol. The van der Waals surface area contributed by atoms with Gasteiger partial charge in [-0.3, -0.25) is 13.9 Å². The topological polar surface area (TPSA) is 105 Å². The van der Waals surface area contributed by atoms with Crippen molar-refractivity contribution in [1.29, 1.82) is 0 Å². The van der Waals surface area contributed by atoms with Gasteiger partial charge in [0.1, 0.15) is 24.1 Å². The molecule has 3 aromatic rings. The van der Waals surface area contributed by atoms with Gasteiger partial charge in [0, 0.05) is 12.6 Å². The van der Waals surface area contributed by atoms with Crippen molar-refractivity contribution in [3.05, 3.63) is 83.9 Å². The van der Waals surface area contributed by atoms with Gasteiger partial charge >= 0.3 is 0 Å². The smallest absolute Gasteiger partial charge is 0.264 e. The summed E-state index contributed by atoms with van der Waals surface area (Å²) in [5.41, 5.74) is 2.01. The lowest BCUT2D eigenvalue weighted by Gasteiger charge is -2.32. The van der Waals surface area contributed by atoms with E-state index in [2.05, 4.69) is 5.32 Å². The molecule has 0 saturated carbocycles. The number of nitrogens with zero attached hydrogens (tertiary/aromatic N) is 2. The first-order valence-electron chi connectivity index (χ1n) is 13.5. The highest BCUT2D eigenvalue weighted by Crippen LogP contribution is 2.26. The van der Waals surface area contributed by atoms with Gasteiger partial charge in [-0.15, -0.1) is 0 Å². The van der Waals surface area contributed by atoms with E-state index in [1.165, 1.54) is 24.1 Å². The van der Waals surface area contributed by atoms with Crippen molar-refractivity contribution in [2.45, 2.75) is 57.6 Å². The first-order chi connectivity index (χ1) is 19.5. The van der Waals surface area contributed by atoms with Crippen molar-refractivity contribution < 1.29 is 27.5 Å². The number of aryl methyl sites for hydroxylation is 1. The molecule has 0 heterocycles. The number of nitrogens with one attached hydrogen (secondary N) is 1. The summed E-state index contributed by atoms with van der Waals surface area (Å²) in [6, 6.07) is 19.1. The lowest BCUT2D eigenvalue weighted by molar-refractivity contribution is -0.139. The molecule has 0 aromatic heterocycles. The molecule has 220 valence electrons. The highest BCUT2D eigenvalue weighted by molar-refractivity contribution is 7.92. The van der Waals surface area contributed by atoms with Crippen LogP contribution in [0.2, 0.25) is 0 Å². The number of rotatable bonds is 13. The largest absolute Gasteiger partial charge is 0.497 e. The van der Waals surface area contributed by atoms with E-state index < -0.39 is 28.5 Å². The molecule has 1 N–H and O–H groups in total. The lowest BCUT2D eigenvalue weighted by Crippen LogP contribution is -2.52. The maximum absolute atomic E-state index is 14.0. The molecular formula is C31H39N3O6S. The minimum Gasteiger partial charge on any atom is -0.497 e. The predicted molar refractivity (Wildman–Crippen MR) is 160 cm³/mol. The fraction of sp³-hybridized carbons (Fsp3) is 0.355. The molecular weight excluding hydrogens is 542 g/mol.